The molecule has 68 valence electrons. The van der Waals surface area contributed by atoms with E-state index in [1.807, 2.05) is 0 Å². The van der Waals surface area contributed by atoms with Gasteiger partial charge in [-0.05, 0) is 0 Å². The van der Waals surface area contributed by atoms with Crippen molar-refractivity contribution in [2.75, 3.05) is 0 Å². The van der Waals surface area contributed by atoms with Gasteiger partial charge in [0.05, 0.1) is 0 Å². The largest absolute Gasteiger partial charge is 0.368 e. The number of nitrogens with two attached hydrogens (primary N) is 2. The van der Waals surface area contributed by atoms with Crippen molar-refractivity contribution in [2.24, 2.45) is 11.5 Å². The molecule has 0 heterocycles. The lowest BCUT2D eigenvalue weighted by Crippen LogP contribution is -2.43. The summed E-state index contributed by atoms with van der Waals surface area (Å²) in [4.78, 5) is 22.0. The Kier molecular flexibility index (Phi) is 2.76. The molecule has 4 heteroatoms. The zero-order valence-corrected chi connectivity index (χ0v) is 6.94. The first-order valence-corrected chi connectivity index (χ1v) is 3.77. The average molecular weight is 178 g/mol. The van der Waals surface area contributed by atoms with Gasteiger partial charge in [-0.25, -0.2) is 0 Å². The van der Waals surface area contributed by atoms with E-state index in [1.54, 1.807) is 30.3 Å². The molecule has 0 saturated heterocycles. The maximum absolute atomic E-state index is 11.4. The van der Waals surface area contributed by atoms with Crippen LogP contribution in [0.3, 0.4) is 0 Å². The smallest absolute Gasteiger partial charge is 0.242 e. The lowest BCUT2D eigenvalue weighted by atomic mass is 10.1. The van der Waals surface area contributed by atoms with E-state index >= 15 is 0 Å². The summed E-state index contributed by atoms with van der Waals surface area (Å²) in [7, 11) is 0. The predicted molar refractivity (Wildman–Crippen MR) is 47.9 cm³/mol. The van der Waals surface area contributed by atoms with Gasteiger partial charge < -0.3 is 11.5 Å². The molecule has 0 radical (unpaired) electrons. The minimum absolute atomic E-state index is 0.397. The zero-order valence-electron chi connectivity index (χ0n) is 6.94. The van der Waals surface area contributed by atoms with Crippen molar-refractivity contribution in [3.05, 3.63) is 35.9 Å². The van der Waals surface area contributed by atoms with Crippen molar-refractivity contribution < 1.29 is 9.59 Å². The number of ketones is 1. The SMILES string of the molecule is NC(=O)C(N)C(=O)c1ccccc1. The zero-order chi connectivity index (χ0) is 9.84. The van der Waals surface area contributed by atoms with Crippen molar-refractivity contribution >= 4 is 11.7 Å². The summed E-state index contributed by atoms with van der Waals surface area (Å²) in [6.07, 6.45) is 0. The van der Waals surface area contributed by atoms with E-state index < -0.39 is 17.7 Å². The van der Waals surface area contributed by atoms with E-state index in [4.69, 9.17) is 11.5 Å². The summed E-state index contributed by atoms with van der Waals surface area (Å²) in [5.74, 6) is -1.26. The highest BCUT2D eigenvalue weighted by Gasteiger charge is 2.19. The number of carbonyl (C=O) groups is 2. The number of primary amides is 1. The Hall–Kier alpha value is -1.68. The van der Waals surface area contributed by atoms with Crippen LogP contribution in [0, 0.1) is 0 Å². The molecule has 0 aromatic heterocycles. The summed E-state index contributed by atoms with van der Waals surface area (Å²) >= 11 is 0. The van der Waals surface area contributed by atoms with Crippen molar-refractivity contribution in [3.8, 4) is 0 Å². The lowest BCUT2D eigenvalue weighted by Gasteiger charge is -2.05. The summed E-state index contributed by atoms with van der Waals surface area (Å²) in [5.41, 5.74) is 10.6. The van der Waals surface area contributed by atoms with Gasteiger partial charge >= 0.3 is 0 Å². The van der Waals surface area contributed by atoms with Crippen molar-refractivity contribution in [1.29, 1.82) is 0 Å². The van der Waals surface area contributed by atoms with Crippen LogP contribution in [0.1, 0.15) is 10.4 Å². The normalized spacial score (nSPS) is 12.1. The van der Waals surface area contributed by atoms with E-state index in [0.717, 1.165) is 0 Å². The van der Waals surface area contributed by atoms with Gasteiger partial charge in [0, 0.05) is 5.56 Å². The molecule has 0 fully saturated rings. The molecule has 0 aliphatic carbocycles. The van der Waals surface area contributed by atoms with Gasteiger partial charge in [-0.15, -0.1) is 0 Å². The van der Waals surface area contributed by atoms with Crippen LogP contribution < -0.4 is 11.5 Å². The Morgan fingerprint density at radius 2 is 1.69 bits per heavy atom. The van der Waals surface area contributed by atoms with E-state index in [9.17, 15) is 9.59 Å². The summed E-state index contributed by atoms with van der Waals surface area (Å²) in [5, 5.41) is 0. The second-order valence-electron chi connectivity index (χ2n) is 2.61. The van der Waals surface area contributed by atoms with Crippen LogP contribution >= 0.6 is 0 Å². The lowest BCUT2D eigenvalue weighted by molar-refractivity contribution is -0.118. The molecule has 0 aliphatic rings. The number of carbonyl (C=O) groups excluding carboxylic acids is 2. The van der Waals surface area contributed by atoms with E-state index in [-0.39, 0.29) is 0 Å². The molecule has 0 spiro atoms. The van der Waals surface area contributed by atoms with Gasteiger partial charge in [-0.1, -0.05) is 30.3 Å². The number of hydrogen-bond donors (Lipinski definition) is 2. The van der Waals surface area contributed by atoms with Crippen molar-refractivity contribution in [3.63, 3.8) is 0 Å². The quantitative estimate of drug-likeness (QED) is 0.491. The molecular weight excluding hydrogens is 168 g/mol. The van der Waals surface area contributed by atoms with Gasteiger partial charge in [0.2, 0.25) is 5.91 Å². The maximum atomic E-state index is 11.4. The minimum atomic E-state index is -1.25. The molecule has 1 amide bonds. The molecular formula is C9H10N2O2. The number of benzene rings is 1. The van der Waals surface area contributed by atoms with Gasteiger partial charge in [0.15, 0.2) is 5.78 Å². The first kappa shape index (κ1) is 9.41. The van der Waals surface area contributed by atoms with E-state index in [0.29, 0.717) is 5.56 Å². The Morgan fingerprint density at radius 3 is 2.15 bits per heavy atom. The second-order valence-corrected chi connectivity index (χ2v) is 2.61. The molecule has 1 unspecified atom stereocenters. The Labute approximate surface area is 75.5 Å². The highest BCUT2D eigenvalue weighted by Crippen LogP contribution is 2.01. The Balaban J connectivity index is 2.86. The molecule has 0 bridgehead atoms. The van der Waals surface area contributed by atoms with Crippen LogP contribution in [0.15, 0.2) is 30.3 Å². The van der Waals surface area contributed by atoms with Crippen LogP contribution in [0.5, 0.6) is 0 Å². The fraction of sp³-hybridized carbons (Fsp3) is 0.111. The maximum Gasteiger partial charge on any atom is 0.242 e. The van der Waals surface area contributed by atoms with Crippen LogP contribution in [-0.2, 0) is 4.79 Å². The topological polar surface area (TPSA) is 86.2 Å². The molecule has 1 rings (SSSR count). The first-order chi connectivity index (χ1) is 6.13. The predicted octanol–water partition coefficient (Wildman–Crippen LogP) is -0.318. The van der Waals surface area contributed by atoms with Gasteiger partial charge in [0.1, 0.15) is 6.04 Å². The molecule has 1 atom stereocenters. The number of amides is 1. The van der Waals surface area contributed by atoms with Gasteiger partial charge in [-0.2, -0.15) is 0 Å². The third-order valence-corrected chi connectivity index (χ3v) is 1.65. The Morgan fingerprint density at radius 1 is 1.15 bits per heavy atom. The van der Waals surface area contributed by atoms with Crippen LogP contribution in [-0.4, -0.2) is 17.7 Å². The Bertz CT molecular complexity index is 322. The monoisotopic (exact) mass is 178 g/mol. The second kappa shape index (κ2) is 3.82. The molecule has 1 aromatic rings. The van der Waals surface area contributed by atoms with Crippen molar-refractivity contribution in [1.82, 2.24) is 0 Å². The van der Waals surface area contributed by atoms with Crippen LogP contribution in [0.4, 0.5) is 0 Å². The molecule has 0 aliphatic heterocycles. The van der Waals surface area contributed by atoms with E-state index in [2.05, 4.69) is 0 Å². The highest BCUT2D eigenvalue weighted by molar-refractivity contribution is 6.12. The van der Waals surface area contributed by atoms with Crippen molar-refractivity contribution in [2.45, 2.75) is 6.04 Å². The molecule has 4 N–H and O–H groups in total. The number of Topliss-reactive ketones (excluding diaryl/α,β-unsaturated/α-hetero) is 1. The molecule has 1 aromatic carbocycles. The summed E-state index contributed by atoms with van der Waals surface area (Å²) < 4.78 is 0. The van der Waals surface area contributed by atoms with Crippen LogP contribution in [0.2, 0.25) is 0 Å². The number of hydrogen-bond acceptors (Lipinski definition) is 3. The molecule has 4 nitrogen and oxygen atoms in total. The molecule has 0 saturated carbocycles. The number of rotatable bonds is 3. The fourth-order valence-corrected chi connectivity index (χ4v) is 0.911. The molecule has 13 heavy (non-hydrogen) atoms. The third-order valence-electron chi connectivity index (χ3n) is 1.65. The van der Waals surface area contributed by atoms with Gasteiger partial charge in [-0.3, -0.25) is 9.59 Å². The average Bonchev–Trinajstić information content (AvgIpc) is 2.17. The third kappa shape index (κ3) is 2.13. The van der Waals surface area contributed by atoms with Gasteiger partial charge in [0.25, 0.3) is 0 Å². The first-order valence-electron chi connectivity index (χ1n) is 3.77. The van der Waals surface area contributed by atoms with Crippen LogP contribution in [0.25, 0.3) is 0 Å². The highest BCUT2D eigenvalue weighted by atomic mass is 16.2. The minimum Gasteiger partial charge on any atom is -0.368 e. The standard InChI is InChI=1S/C9H10N2O2/c10-7(9(11)13)8(12)6-4-2-1-3-5-6/h1-5,7H,10H2,(H2,11,13). The fourth-order valence-electron chi connectivity index (χ4n) is 0.911. The summed E-state index contributed by atoms with van der Waals surface area (Å²) in [6.45, 7) is 0. The van der Waals surface area contributed by atoms with E-state index in [1.165, 1.54) is 0 Å². The summed E-state index contributed by atoms with van der Waals surface area (Å²) in [6, 6.07) is 7.09.